The van der Waals surface area contributed by atoms with Crippen molar-refractivity contribution >= 4 is 16.9 Å². The molecule has 0 aliphatic rings. The summed E-state index contributed by atoms with van der Waals surface area (Å²) in [4.78, 5) is 12.3. The lowest BCUT2D eigenvalue weighted by Gasteiger charge is -2.03. The van der Waals surface area contributed by atoms with Crippen LogP contribution < -0.4 is 10.1 Å². The lowest BCUT2D eigenvalue weighted by Crippen LogP contribution is -2.22. The standard InChI is InChI=1S/C19H16N4O3/c1-25-16-7-4-6-15(10-16)23-12-14(21-22-23)11-20-19(24)18-9-13-5-2-3-8-17(13)26-18/h2-10,12H,11H2,1H3,(H,20,24). The molecule has 0 radical (unpaired) electrons. The first-order valence-electron chi connectivity index (χ1n) is 8.05. The Morgan fingerprint density at radius 1 is 1.19 bits per heavy atom. The minimum absolute atomic E-state index is 0.250. The summed E-state index contributed by atoms with van der Waals surface area (Å²) in [5.41, 5.74) is 2.14. The number of hydrogen-bond acceptors (Lipinski definition) is 5. The topological polar surface area (TPSA) is 82.2 Å². The number of para-hydroxylation sites is 1. The van der Waals surface area contributed by atoms with E-state index in [2.05, 4.69) is 15.6 Å². The first kappa shape index (κ1) is 15.9. The minimum atomic E-state index is -0.294. The molecule has 4 aromatic rings. The molecule has 2 aromatic carbocycles. The Balaban J connectivity index is 1.44. The maximum atomic E-state index is 12.3. The Morgan fingerprint density at radius 2 is 2.08 bits per heavy atom. The van der Waals surface area contributed by atoms with E-state index in [9.17, 15) is 4.79 Å². The van der Waals surface area contributed by atoms with Gasteiger partial charge in [-0.05, 0) is 24.3 Å². The summed E-state index contributed by atoms with van der Waals surface area (Å²) in [6.07, 6.45) is 1.76. The van der Waals surface area contributed by atoms with E-state index in [0.29, 0.717) is 11.3 Å². The van der Waals surface area contributed by atoms with E-state index in [1.807, 2.05) is 48.5 Å². The number of nitrogens with one attached hydrogen (secondary N) is 1. The molecule has 0 bridgehead atoms. The van der Waals surface area contributed by atoms with Gasteiger partial charge in [0, 0.05) is 11.5 Å². The second-order valence-electron chi connectivity index (χ2n) is 5.69. The van der Waals surface area contributed by atoms with Crippen LogP contribution in [-0.2, 0) is 6.54 Å². The second-order valence-corrected chi connectivity index (χ2v) is 5.69. The van der Waals surface area contributed by atoms with Crippen molar-refractivity contribution in [2.24, 2.45) is 0 Å². The van der Waals surface area contributed by atoms with Gasteiger partial charge in [0.25, 0.3) is 5.91 Å². The maximum Gasteiger partial charge on any atom is 0.287 e. The van der Waals surface area contributed by atoms with Crippen molar-refractivity contribution in [1.29, 1.82) is 0 Å². The number of nitrogens with zero attached hydrogens (tertiary/aromatic N) is 3. The van der Waals surface area contributed by atoms with E-state index in [1.165, 1.54) is 0 Å². The number of furan rings is 1. The Hall–Kier alpha value is -3.61. The van der Waals surface area contributed by atoms with Gasteiger partial charge in [-0.3, -0.25) is 4.79 Å². The number of benzene rings is 2. The van der Waals surface area contributed by atoms with Crippen LogP contribution in [-0.4, -0.2) is 28.0 Å². The number of rotatable bonds is 5. The fraction of sp³-hybridized carbons (Fsp3) is 0.105. The third-order valence-electron chi connectivity index (χ3n) is 3.94. The van der Waals surface area contributed by atoms with Gasteiger partial charge in [-0.15, -0.1) is 5.10 Å². The largest absolute Gasteiger partial charge is 0.497 e. The molecule has 2 heterocycles. The number of carbonyl (C=O) groups is 1. The predicted octanol–water partition coefficient (Wildman–Crippen LogP) is 2.95. The molecule has 130 valence electrons. The summed E-state index contributed by atoms with van der Waals surface area (Å²) in [7, 11) is 1.61. The van der Waals surface area contributed by atoms with Gasteiger partial charge in [-0.1, -0.05) is 29.5 Å². The molecule has 0 aliphatic carbocycles. The van der Waals surface area contributed by atoms with Crippen LogP contribution in [0.5, 0.6) is 5.75 Å². The van der Waals surface area contributed by atoms with Crippen molar-refractivity contribution in [3.63, 3.8) is 0 Å². The molecule has 2 aromatic heterocycles. The van der Waals surface area contributed by atoms with Crippen molar-refractivity contribution < 1.29 is 13.9 Å². The van der Waals surface area contributed by atoms with Crippen molar-refractivity contribution in [3.05, 3.63) is 72.2 Å². The number of aromatic nitrogens is 3. The van der Waals surface area contributed by atoms with Crippen LogP contribution in [0.2, 0.25) is 0 Å². The zero-order chi connectivity index (χ0) is 17.9. The summed E-state index contributed by atoms with van der Waals surface area (Å²) >= 11 is 0. The highest BCUT2D eigenvalue weighted by molar-refractivity contribution is 5.95. The molecule has 26 heavy (non-hydrogen) atoms. The molecule has 0 unspecified atom stereocenters. The normalized spacial score (nSPS) is 10.8. The number of amides is 1. The van der Waals surface area contributed by atoms with Crippen LogP contribution >= 0.6 is 0 Å². The van der Waals surface area contributed by atoms with Crippen LogP contribution in [0.25, 0.3) is 16.7 Å². The third-order valence-corrected chi connectivity index (χ3v) is 3.94. The van der Waals surface area contributed by atoms with E-state index < -0.39 is 0 Å². The summed E-state index contributed by atoms with van der Waals surface area (Å²) in [5, 5.41) is 11.8. The molecule has 4 rings (SSSR count). The minimum Gasteiger partial charge on any atom is -0.497 e. The van der Waals surface area contributed by atoms with Gasteiger partial charge in [0.2, 0.25) is 0 Å². The van der Waals surface area contributed by atoms with Crippen molar-refractivity contribution in [2.75, 3.05) is 7.11 Å². The lowest BCUT2D eigenvalue weighted by atomic mass is 10.2. The SMILES string of the molecule is COc1cccc(-n2cc(CNC(=O)c3cc4ccccc4o3)nn2)c1. The summed E-state index contributed by atoms with van der Waals surface area (Å²) in [5.74, 6) is 0.709. The number of methoxy groups -OCH3 is 1. The summed E-state index contributed by atoms with van der Waals surface area (Å²) in [6.45, 7) is 0.250. The molecule has 7 heteroatoms. The Bertz CT molecular complexity index is 1030. The monoisotopic (exact) mass is 348 g/mol. The predicted molar refractivity (Wildman–Crippen MR) is 95.3 cm³/mol. The third kappa shape index (κ3) is 3.14. The summed E-state index contributed by atoms with van der Waals surface area (Å²) in [6, 6.07) is 16.7. The number of ether oxygens (including phenoxy) is 1. The van der Waals surface area contributed by atoms with E-state index in [0.717, 1.165) is 16.8 Å². The van der Waals surface area contributed by atoms with E-state index >= 15 is 0 Å². The van der Waals surface area contributed by atoms with Crippen LogP contribution in [0.4, 0.5) is 0 Å². The van der Waals surface area contributed by atoms with Crippen LogP contribution in [0.15, 0.2) is 65.2 Å². The van der Waals surface area contributed by atoms with Crippen molar-refractivity contribution in [3.8, 4) is 11.4 Å². The zero-order valence-electron chi connectivity index (χ0n) is 14.0. The van der Waals surface area contributed by atoms with Crippen molar-refractivity contribution in [2.45, 2.75) is 6.54 Å². The molecular weight excluding hydrogens is 332 g/mol. The number of hydrogen-bond donors (Lipinski definition) is 1. The zero-order valence-corrected chi connectivity index (χ0v) is 14.0. The molecule has 0 fully saturated rings. The quantitative estimate of drug-likeness (QED) is 0.600. The molecule has 0 aliphatic heterocycles. The van der Waals surface area contributed by atoms with Gasteiger partial charge < -0.3 is 14.5 Å². The maximum absolute atomic E-state index is 12.3. The Morgan fingerprint density at radius 3 is 2.92 bits per heavy atom. The molecule has 0 spiro atoms. The molecule has 1 N–H and O–H groups in total. The molecule has 7 nitrogen and oxygen atoms in total. The fourth-order valence-corrected chi connectivity index (χ4v) is 2.61. The molecule has 0 atom stereocenters. The number of carbonyl (C=O) groups excluding carboxylic acids is 1. The van der Waals surface area contributed by atoms with Gasteiger partial charge >= 0.3 is 0 Å². The van der Waals surface area contributed by atoms with Gasteiger partial charge in [-0.2, -0.15) is 0 Å². The lowest BCUT2D eigenvalue weighted by molar-refractivity contribution is 0.0925. The van der Waals surface area contributed by atoms with Crippen molar-refractivity contribution in [1.82, 2.24) is 20.3 Å². The fourth-order valence-electron chi connectivity index (χ4n) is 2.61. The molecule has 1 amide bonds. The van der Waals surface area contributed by atoms with Gasteiger partial charge in [0.05, 0.1) is 25.5 Å². The van der Waals surface area contributed by atoms with Crippen LogP contribution in [0, 0.1) is 0 Å². The molecule has 0 saturated heterocycles. The average Bonchev–Trinajstić information content (AvgIpc) is 3.33. The molecule has 0 saturated carbocycles. The second kappa shape index (κ2) is 6.72. The Kier molecular flexibility index (Phi) is 4.10. The Labute approximate surface area is 149 Å². The average molecular weight is 348 g/mol. The van der Waals surface area contributed by atoms with Gasteiger partial charge in [-0.25, -0.2) is 4.68 Å². The van der Waals surface area contributed by atoms with E-state index in [4.69, 9.17) is 9.15 Å². The van der Waals surface area contributed by atoms with Crippen LogP contribution in [0.3, 0.4) is 0 Å². The number of fused-ring (bicyclic) bond motifs is 1. The highest BCUT2D eigenvalue weighted by Gasteiger charge is 2.12. The molecular formula is C19H16N4O3. The summed E-state index contributed by atoms with van der Waals surface area (Å²) < 4.78 is 12.4. The van der Waals surface area contributed by atoms with E-state index in [-0.39, 0.29) is 18.2 Å². The van der Waals surface area contributed by atoms with Gasteiger partial charge in [0.1, 0.15) is 17.0 Å². The highest BCUT2D eigenvalue weighted by atomic mass is 16.5. The first-order valence-corrected chi connectivity index (χ1v) is 8.05. The highest BCUT2D eigenvalue weighted by Crippen LogP contribution is 2.19. The van der Waals surface area contributed by atoms with Gasteiger partial charge in [0.15, 0.2) is 5.76 Å². The first-order chi connectivity index (χ1) is 12.7. The van der Waals surface area contributed by atoms with E-state index in [1.54, 1.807) is 24.1 Å². The smallest absolute Gasteiger partial charge is 0.287 e. The van der Waals surface area contributed by atoms with Crippen LogP contribution in [0.1, 0.15) is 16.2 Å².